The molecule has 0 unspecified atom stereocenters. The van der Waals surface area contributed by atoms with E-state index in [0.29, 0.717) is 39.8 Å². The topological polar surface area (TPSA) is 141 Å². The summed E-state index contributed by atoms with van der Waals surface area (Å²) in [4.78, 5) is 45.6. The van der Waals surface area contributed by atoms with Crippen molar-refractivity contribution in [2.24, 2.45) is 0 Å². The number of hydrogen-bond acceptors (Lipinski definition) is 7. The number of nitrogens with one attached hydrogen (secondary N) is 3. The number of aromatic nitrogens is 3. The molecule has 0 atom stereocenters. The SMILES string of the molecule is COC(=O)c1cc(-c2csc(NC(=O)CCc3c(C)[nH]c(=O)c(C#N)c3C)n2)c[nH]1. The number of thiazole rings is 1. The Morgan fingerprint density at radius 3 is 2.83 bits per heavy atom. The fourth-order valence-electron chi connectivity index (χ4n) is 3.07. The van der Waals surface area contributed by atoms with Crippen molar-refractivity contribution in [3.63, 3.8) is 0 Å². The number of esters is 1. The largest absolute Gasteiger partial charge is 0.464 e. The first kappa shape index (κ1) is 21.0. The van der Waals surface area contributed by atoms with Gasteiger partial charge in [-0.25, -0.2) is 9.78 Å². The van der Waals surface area contributed by atoms with Gasteiger partial charge in [0.2, 0.25) is 5.91 Å². The first-order valence-electron chi connectivity index (χ1n) is 8.99. The van der Waals surface area contributed by atoms with Gasteiger partial charge in [0.1, 0.15) is 17.3 Å². The normalized spacial score (nSPS) is 10.5. The number of pyridine rings is 1. The monoisotopic (exact) mass is 425 g/mol. The van der Waals surface area contributed by atoms with E-state index >= 15 is 0 Å². The molecule has 0 aromatic carbocycles. The maximum Gasteiger partial charge on any atom is 0.354 e. The molecule has 10 heteroatoms. The van der Waals surface area contributed by atoms with E-state index in [-0.39, 0.29) is 17.9 Å². The van der Waals surface area contributed by atoms with Gasteiger partial charge >= 0.3 is 5.97 Å². The molecule has 154 valence electrons. The highest BCUT2D eigenvalue weighted by Gasteiger charge is 2.15. The molecule has 30 heavy (non-hydrogen) atoms. The Kier molecular flexibility index (Phi) is 6.13. The molecule has 3 heterocycles. The van der Waals surface area contributed by atoms with Crippen LogP contribution in [0.25, 0.3) is 11.3 Å². The third-order valence-electron chi connectivity index (χ3n) is 4.66. The third kappa shape index (κ3) is 4.31. The van der Waals surface area contributed by atoms with Crippen molar-refractivity contribution in [2.45, 2.75) is 26.7 Å². The van der Waals surface area contributed by atoms with Gasteiger partial charge in [-0.2, -0.15) is 5.26 Å². The average molecular weight is 425 g/mol. The zero-order chi connectivity index (χ0) is 21.8. The lowest BCUT2D eigenvalue weighted by molar-refractivity contribution is -0.116. The fraction of sp³-hybridized carbons (Fsp3) is 0.250. The lowest BCUT2D eigenvalue weighted by Gasteiger charge is -2.10. The van der Waals surface area contributed by atoms with Gasteiger partial charge in [-0.05, 0) is 37.5 Å². The highest BCUT2D eigenvalue weighted by atomic mass is 32.1. The van der Waals surface area contributed by atoms with Gasteiger partial charge in [-0.15, -0.1) is 11.3 Å². The van der Waals surface area contributed by atoms with E-state index in [4.69, 9.17) is 5.26 Å². The van der Waals surface area contributed by atoms with E-state index in [2.05, 4.69) is 25.0 Å². The summed E-state index contributed by atoms with van der Waals surface area (Å²) in [6, 6.07) is 3.53. The molecule has 0 aliphatic carbocycles. The van der Waals surface area contributed by atoms with Gasteiger partial charge < -0.3 is 20.0 Å². The number of aryl methyl sites for hydroxylation is 1. The van der Waals surface area contributed by atoms with Crippen LogP contribution in [0.1, 0.15) is 39.3 Å². The molecular weight excluding hydrogens is 406 g/mol. The number of methoxy groups -OCH3 is 1. The summed E-state index contributed by atoms with van der Waals surface area (Å²) in [6.45, 7) is 3.45. The summed E-state index contributed by atoms with van der Waals surface area (Å²) in [5, 5.41) is 14.1. The van der Waals surface area contributed by atoms with E-state index in [0.717, 1.165) is 5.56 Å². The Bertz CT molecular complexity index is 1210. The Hall–Kier alpha value is -3.71. The summed E-state index contributed by atoms with van der Waals surface area (Å²) in [5.74, 6) is -0.707. The Morgan fingerprint density at radius 1 is 1.37 bits per heavy atom. The van der Waals surface area contributed by atoms with Crippen LogP contribution in [0.5, 0.6) is 0 Å². The number of rotatable bonds is 6. The number of carbonyl (C=O) groups excluding carboxylic acids is 2. The van der Waals surface area contributed by atoms with Crippen molar-refractivity contribution in [2.75, 3.05) is 12.4 Å². The van der Waals surface area contributed by atoms with Crippen molar-refractivity contribution in [3.8, 4) is 17.3 Å². The number of anilines is 1. The Morgan fingerprint density at radius 2 is 2.13 bits per heavy atom. The molecule has 3 rings (SSSR count). The fourth-order valence-corrected chi connectivity index (χ4v) is 3.81. The molecule has 0 bridgehead atoms. The first-order chi connectivity index (χ1) is 14.3. The van der Waals surface area contributed by atoms with Crippen LogP contribution < -0.4 is 10.9 Å². The number of amides is 1. The minimum atomic E-state index is -0.475. The van der Waals surface area contributed by atoms with Gasteiger partial charge in [0.15, 0.2) is 5.13 Å². The number of H-pyrrole nitrogens is 2. The molecule has 0 saturated heterocycles. The number of carbonyl (C=O) groups is 2. The molecule has 0 fully saturated rings. The molecule has 0 saturated carbocycles. The summed E-state index contributed by atoms with van der Waals surface area (Å²) < 4.78 is 4.66. The van der Waals surface area contributed by atoms with Crippen molar-refractivity contribution < 1.29 is 14.3 Å². The zero-order valence-corrected chi connectivity index (χ0v) is 17.4. The van der Waals surface area contributed by atoms with Gasteiger partial charge in [0.25, 0.3) is 5.56 Å². The molecule has 0 radical (unpaired) electrons. The summed E-state index contributed by atoms with van der Waals surface area (Å²) in [5.41, 5.74) is 3.31. The average Bonchev–Trinajstić information content (AvgIpc) is 3.36. The second kappa shape index (κ2) is 8.75. The summed E-state index contributed by atoms with van der Waals surface area (Å²) >= 11 is 1.27. The first-order valence-corrected chi connectivity index (χ1v) is 9.87. The minimum Gasteiger partial charge on any atom is -0.464 e. The Balaban J connectivity index is 1.66. The lowest BCUT2D eigenvalue weighted by atomic mass is 9.99. The molecular formula is C20H19N5O4S. The van der Waals surface area contributed by atoms with Crippen LogP contribution in [-0.4, -0.2) is 33.9 Å². The van der Waals surface area contributed by atoms with Crippen molar-refractivity contribution >= 4 is 28.3 Å². The van der Waals surface area contributed by atoms with Crippen LogP contribution >= 0.6 is 11.3 Å². The Labute approximate surface area is 175 Å². The van der Waals surface area contributed by atoms with Crippen LogP contribution in [0.2, 0.25) is 0 Å². The maximum absolute atomic E-state index is 12.4. The number of aromatic amines is 2. The molecule has 3 aromatic rings. The highest BCUT2D eigenvalue weighted by molar-refractivity contribution is 7.14. The van der Waals surface area contributed by atoms with Crippen molar-refractivity contribution in [3.05, 3.63) is 56.1 Å². The standard InChI is InChI=1S/C20H19N5O4S/c1-10-13(11(2)23-18(27)14(10)7-21)4-5-17(26)25-20-24-16(9-30-20)12-6-15(22-8-12)19(28)29-3/h6,8-9,22H,4-5H2,1-3H3,(H,23,27)(H,24,25,26). The van der Waals surface area contributed by atoms with Crippen LogP contribution in [0, 0.1) is 25.2 Å². The predicted octanol–water partition coefficient (Wildman–Crippen LogP) is 2.67. The molecule has 0 aliphatic heterocycles. The molecule has 3 aromatic heterocycles. The van der Waals surface area contributed by atoms with Crippen LogP contribution in [0.4, 0.5) is 5.13 Å². The van der Waals surface area contributed by atoms with Gasteiger partial charge in [0, 0.05) is 29.3 Å². The van der Waals surface area contributed by atoms with Crippen molar-refractivity contribution in [1.29, 1.82) is 5.26 Å². The molecule has 1 amide bonds. The van der Waals surface area contributed by atoms with Crippen LogP contribution in [-0.2, 0) is 16.0 Å². The third-order valence-corrected chi connectivity index (χ3v) is 5.41. The van der Waals surface area contributed by atoms with Gasteiger partial charge in [-0.3, -0.25) is 9.59 Å². The molecule has 0 aliphatic rings. The molecule has 0 spiro atoms. The number of hydrogen-bond donors (Lipinski definition) is 3. The van der Waals surface area contributed by atoms with Crippen molar-refractivity contribution in [1.82, 2.24) is 15.0 Å². The lowest BCUT2D eigenvalue weighted by Crippen LogP contribution is -2.18. The molecule has 3 N–H and O–H groups in total. The second-order valence-corrected chi connectivity index (χ2v) is 7.41. The molecule has 9 nitrogen and oxygen atoms in total. The summed E-state index contributed by atoms with van der Waals surface area (Å²) in [7, 11) is 1.30. The van der Waals surface area contributed by atoms with E-state index in [1.165, 1.54) is 18.4 Å². The van der Waals surface area contributed by atoms with Gasteiger partial charge in [0.05, 0.1) is 12.8 Å². The zero-order valence-electron chi connectivity index (χ0n) is 16.6. The summed E-state index contributed by atoms with van der Waals surface area (Å²) in [6.07, 6.45) is 2.19. The number of ether oxygens (including phenoxy) is 1. The predicted molar refractivity (Wildman–Crippen MR) is 111 cm³/mol. The number of nitriles is 1. The maximum atomic E-state index is 12.4. The highest BCUT2D eigenvalue weighted by Crippen LogP contribution is 2.26. The van der Waals surface area contributed by atoms with Crippen LogP contribution in [0.3, 0.4) is 0 Å². The van der Waals surface area contributed by atoms with E-state index in [1.807, 2.05) is 6.07 Å². The van der Waals surface area contributed by atoms with E-state index < -0.39 is 11.5 Å². The van der Waals surface area contributed by atoms with Gasteiger partial charge in [-0.1, -0.05) is 0 Å². The second-order valence-electron chi connectivity index (χ2n) is 6.55. The quantitative estimate of drug-likeness (QED) is 0.519. The van der Waals surface area contributed by atoms with E-state index in [1.54, 1.807) is 31.5 Å². The number of nitrogens with zero attached hydrogens (tertiary/aromatic N) is 2. The minimum absolute atomic E-state index is 0.0680. The van der Waals surface area contributed by atoms with E-state index in [9.17, 15) is 14.4 Å². The smallest absolute Gasteiger partial charge is 0.354 e. The van der Waals surface area contributed by atoms with Crippen LogP contribution in [0.15, 0.2) is 22.4 Å².